The van der Waals surface area contributed by atoms with Crippen LogP contribution in [0.2, 0.25) is 5.02 Å². The maximum absolute atomic E-state index is 11.2. The van der Waals surface area contributed by atoms with E-state index in [1.54, 1.807) is 25.3 Å². The first-order valence-electron chi connectivity index (χ1n) is 6.00. The van der Waals surface area contributed by atoms with Crippen LogP contribution < -0.4 is 10.1 Å². The molecule has 0 amide bonds. The molecule has 5 heteroatoms. The summed E-state index contributed by atoms with van der Waals surface area (Å²) in [5, 5.41) is 12.5. The molecule has 104 valence electrons. The molecule has 0 aliphatic rings. The number of nitrogens with one attached hydrogen (secondary N) is 1. The van der Waals surface area contributed by atoms with Gasteiger partial charge < -0.3 is 15.2 Å². The third kappa shape index (κ3) is 3.22. The van der Waals surface area contributed by atoms with E-state index < -0.39 is 5.97 Å². The second-order valence-corrected chi connectivity index (χ2v) is 4.58. The molecular formula is C15H14ClNO3. The Kier molecular flexibility index (Phi) is 4.48. The zero-order chi connectivity index (χ0) is 14.5. The van der Waals surface area contributed by atoms with Crippen molar-refractivity contribution in [1.29, 1.82) is 0 Å². The highest BCUT2D eigenvalue weighted by Gasteiger charge is 2.13. The van der Waals surface area contributed by atoms with Crippen LogP contribution in [0.1, 0.15) is 15.9 Å². The van der Waals surface area contributed by atoms with Gasteiger partial charge in [0.05, 0.1) is 17.8 Å². The fraction of sp³-hybridized carbons (Fsp3) is 0.133. The Bertz CT molecular complexity index is 628. The molecule has 0 aliphatic carbocycles. The van der Waals surface area contributed by atoms with Gasteiger partial charge in [0, 0.05) is 6.54 Å². The summed E-state index contributed by atoms with van der Waals surface area (Å²) in [4.78, 5) is 11.2. The molecular weight excluding hydrogens is 278 g/mol. The van der Waals surface area contributed by atoms with E-state index in [9.17, 15) is 9.90 Å². The summed E-state index contributed by atoms with van der Waals surface area (Å²) in [6.45, 7) is 0.484. The Morgan fingerprint density at radius 2 is 2.05 bits per heavy atom. The lowest BCUT2D eigenvalue weighted by atomic mass is 10.1. The Morgan fingerprint density at radius 1 is 1.30 bits per heavy atom. The van der Waals surface area contributed by atoms with E-state index in [1.165, 1.54) is 0 Å². The van der Waals surface area contributed by atoms with Crippen molar-refractivity contribution in [3.8, 4) is 5.75 Å². The van der Waals surface area contributed by atoms with Gasteiger partial charge >= 0.3 is 5.97 Å². The van der Waals surface area contributed by atoms with E-state index in [-0.39, 0.29) is 10.6 Å². The lowest BCUT2D eigenvalue weighted by Gasteiger charge is -2.11. The van der Waals surface area contributed by atoms with Crippen molar-refractivity contribution >= 4 is 23.3 Å². The second-order valence-electron chi connectivity index (χ2n) is 4.17. The number of halogens is 1. The number of hydrogen-bond donors (Lipinski definition) is 2. The molecule has 0 unspecified atom stereocenters. The molecule has 0 aliphatic heterocycles. The summed E-state index contributed by atoms with van der Waals surface area (Å²) >= 11 is 5.91. The number of methoxy groups -OCH3 is 1. The number of carboxylic acids is 1. The Balaban J connectivity index is 2.18. The molecule has 0 saturated carbocycles. The molecule has 0 radical (unpaired) electrons. The topological polar surface area (TPSA) is 58.6 Å². The van der Waals surface area contributed by atoms with Crippen molar-refractivity contribution in [2.75, 3.05) is 12.4 Å². The number of rotatable bonds is 5. The molecule has 0 bridgehead atoms. The van der Waals surface area contributed by atoms with Gasteiger partial charge in [0.2, 0.25) is 0 Å². The molecule has 0 atom stereocenters. The predicted octanol–water partition coefficient (Wildman–Crippen LogP) is 3.66. The summed E-state index contributed by atoms with van der Waals surface area (Å²) in [5.74, 6) is -0.294. The first-order valence-corrected chi connectivity index (χ1v) is 6.38. The normalized spacial score (nSPS) is 10.1. The zero-order valence-corrected chi connectivity index (χ0v) is 11.6. The van der Waals surface area contributed by atoms with E-state index in [2.05, 4.69) is 5.32 Å². The predicted molar refractivity (Wildman–Crippen MR) is 78.7 cm³/mol. The average molecular weight is 292 g/mol. The minimum absolute atomic E-state index is 0.0806. The summed E-state index contributed by atoms with van der Waals surface area (Å²) in [5.41, 5.74) is 1.56. The molecule has 0 saturated heterocycles. The van der Waals surface area contributed by atoms with Crippen molar-refractivity contribution in [3.63, 3.8) is 0 Å². The minimum atomic E-state index is -1.05. The van der Waals surface area contributed by atoms with Crippen LogP contribution in [-0.4, -0.2) is 18.2 Å². The van der Waals surface area contributed by atoms with Crippen LogP contribution >= 0.6 is 11.6 Å². The van der Waals surface area contributed by atoms with Gasteiger partial charge in [-0.15, -0.1) is 0 Å². The van der Waals surface area contributed by atoms with E-state index >= 15 is 0 Å². The van der Waals surface area contributed by atoms with E-state index in [0.29, 0.717) is 12.2 Å². The first-order chi connectivity index (χ1) is 9.61. The monoisotopic (exact) mass is 291 g/mol. The average Bonchev–Trinajstić information content (AvgIpc) is 2.45. The van der Waals surface area contributed by atoms with E-state index in [1.807, 2.05) is 24.3 Å². The number of carbonyl (C=O) groups is 1. The van der Waals surface area contributed by atoms with Gasteiger partial charge in [0.1, 0.15) is 11.3 Å². The van der Waals surface area contributed by atoms with Gasteiger partial charge in [-0.1, -0.05) is 29.8 Å². The lowest BCUT2D eigenvalue weighted by Crippen LogP contribution is -2.07. The number of aromatic carboxylic acids is 1. The van der Waals surface area contributed by atoms with Gasteiger partial charge in [0.15, 0.2) is 0 Å². The highest BCUT2D eigenvalue weighted by atomic mass is 35.5. The number of hydrogen-bond acceptors (Lipinski definition) is 3. The molecule has 4 nitrogen and oxygen atoms in total. The highest BCUT2D eigenvalue weighted by molar-refractivity contribution is 6.34. The zero-order valence-electron chi connectivity index (χ0n) is 10.9. The van der Waals surface area contributed by atoms with Gasteiger partial charge in [-0.2, -0.15) is 0 Å². The van der Waals surface area contributed by atoms with Crippen LogP contribution in [0.25, 0.3) is 0 Å². The number of anilines is 1. The Hall–Kier alpha value is -2.20. The van der Waals surface area contributed by atoms with Crippen molar-refractivity contribution in [2.45, 2.75) is 6.54 Å². The molecule has 20 heavy (non-hydrogen) atoms. The van der Waals surface area contributed by atoms with Crippen molar-refractivity contribution < 1.29 is 14.6 Å². The highest BCUT2D eigenvalue weighted by Crippen LogP contribution is 2.25. The standard InChI is InChI=1S/C15H14ClNO3/c1-20-11-5-2-4-10(8-11)9-17-13-7-3-6-12(16)14(13)15(18)19/h2-8,17H,9H2,1H3,(H,18,19). The summed E-state index contributed by atoms with van der Waals surface area (Å²) in [6, 6.07) is 12.5. The van der Waals surface area contributed by atoms with Crippen LogP contribution in [0.4, 0.5) is 5.69 Å². The van der Waals surface area contributed by atoms with Gasteiger partial charge in [-0.05, 0) is 29.8 Å². The minimum Gasteiger partial charge on any atom is -0.497 e. The van der Waals surface area contributed by atoms with E-state index in [4.69, 9.17) is 16.3 Å². The number of carboxylic acid groups (broad SMARTS) is 1. The van der Waals surface area contributed by atoms with Crippen LogP contribution in [-0.2, 0) is 6.54 Å². The van der Waals surface area contributed by atoms with Crippen LogP contribution in [0.5, 0.6) is 5.75 Å². The van der Waals surface area contributed by atoms with Crippen LogP contribution in [0, 0.1) is 0 Å². The lowest BCUT2D eigenvalue weighted by molar-refractivity contribution is 0.0698. The van der Waals surface area contributed by atoms with Gasteiger partial charge in [-0.25, -0.2) is 4.79 Å². The van der Waals surface area contributed by atoms with E-state index in [0.717, 1.165) is 11.3 Å². The molecule has 0 spiro atoms. The number of benzene rings is 2. The Labute approximate surface area is 122 Å². The number of ether oxygens (including phenoxy) is 1. The molecule has 0 heterocycles. The third-order valence-corrected chi connectivity index (χ3v) is 3.16. The smallest absolute Gasteiger partial charge is 0.339 e. The summed E-state index contributed by atoms with van der Waals surface area (Å²) < 4.78 is 5.14. The van der Waals surface area contributed by atoms with Crippen molar-refractivity contribution in [3.05, 3.63) is 58.6 Å². The molecule has 2 rings (SSSR count). The molecule has 2 N–H and O–H groups in total. The van der Waals surface area contributed by atoms with Crippen LogP contribution in [0.3, 0.4) is 0 Å². The van der Waals surface area contributed by atoms with Gasteiger partial charge in [0.25, 0.3) is 0 Å². The van der Waals surface area contributed by atoms with Crippen molar-refractivity contribution in [1.82, 2.24) is 0 Å². The summed E-state index contributed by atoms with van der Waals surface area (Å²) in [6.07, 6.45) is 0. The maximum Gasteiger partial charge on any atom is 0.339 e. The molecule has 2 aromatic carbocycles. The SMILES string of the molecule is COc1cccc(CNc2cccc(Cl)c2C(=O)O)c1. The fourth-order valence-corrected chi connectivity index (χ4v) is 2.12. The molecule has 0 aromatic heterocycles. The second kappa shape index (κ2) is 6.30. The van der Waals surface area contributed by atoms with Crippen molar-refractivity contribution in [2.24, 2.45) is 0 Å². The first kappa shape index (κ1) is 14.2. The van der Waals surface area contributed by atoms with Crippen LogP contribution in [0.15, 0.2) is 42.5 Å². The largest absolute Gasteiger partial charge is 0.497 e. The Morgan fingerprint density at radius 3 is 2.75 bits per heavy atom. The fourth-order valence-electron chi connectivity index (χ4n) is 1.87. The molecule has 2 aromatic rings. The maximum atomic E-state index is 11.2. The third-order valence-electron chi connectivity index (χ3n) is 2.84. The summed E-state index contributed by atoms with van der Waals surface area (Å²) in [7, 11) is 1.60. The quantitative estimate of drug-likeness (QED) is 0.882. The van der Waals surface area contributed by atoms with Gasteiger partial charge in [-0.3, -0.25) is 0 Å². The molecule has 0 fully saturated rings.